The van der Waals surface area contributed by atoms with Gasteiger partial charge in [0.2, 0.25) is 0 Å². The number of carbonyl (C=O) groups is 1. The van der Waals surface area contributed by atoms with E-state index in [-0.39, 0.29) is 11.8 Å². The molecule has 0 amide bonds. The van der Waals surface area contributed by atoms with Crippen molar-refractivity contribution < 1.29 is 9.53 Å². The Morgan fingerprint density at radius 2 is 2.44 bits per heavy atom. The highest BCUT2D eigenvalue weighted by molar-refractivity contribution is 6.31. The lowest BCUT2D eigenvalue weighted by Gasteiger charge is -2.23. The van der Waals surface area contributed by atoms with Gasteiger partial charge < -0.3 is 4.74 Å². The number of hydrogen-bond donors (Lipinski definition) is 1. The fraction of sp³-hybridized carbons (Fsp3) is 0.417. The second-order valence-electron chi connectivity index (χ2n) is 4.33. The molecule has 2 atom stereocenters. The minimum Gasteiger partial charge on any atom is -0.490 e. The van der Waals surface area contributed by atoms with Crippen LogP contribution in [0.4, 0.5) is 0 Å². The van der Waals surface area contributed by atoms with E-state index in [2.05, 4.69) is 12.2 Å². The Bertz CT molecular complexity index is 474. The van der Waals surface area contributed by atoms with Gasteiger partial charge in [-0.3, -0.25) is 10.1 Å². The third kappa shape index (κ3) is 1.22. The number of ketones is 1. The van der Waals surface area contributed by atoms with Crippen molar-refractivity contribution in [2.75, 3.05) is 6.61 Å². The molecule has 1 saturated heterocycles. The van der Waals surface area contributed by atoms with Crippen LogP contribution in [-0.4, -0.2) is 24.0 Å². The summed E-state index contributed by atoms with van der Waals surface area (Å²) in [6, 6.07) is 5.43. The van der Waals surface area contributed by atoms with Crippen LogP contribution < -0.4 is 10.1 Å². The lowest BCUT2D eigenvalue weighted by molar-refractivity contribution is 0.0865. The first-order valence-corrected chi connectivity index (χ1v) is 5.80. The molecule has 84 valence electrons. The van der Waals surface area contributed by atoms with Gasteiger partial charge in [-0.2, -0.15) is 0 Å². The highest BCUT2D eigenvalue weighted by atomic mass is 35.5. The predicted octanol–water partition coefficient (Wildman–Crippen LogP) is 2.04. The van der Waals surface area contributed by atoms with E-state index >= 15 is 0 Å². The number of benzene rings is 1. The Kier molecular flexibility index (Phi) is 2.03. The van der Waals surface area contributed by atoms with Crippen LogP contribution in [0.2, 0.25) is 5.02 Å². The first kappa shape index (κ1) is 10.1. The SMILES string of the molecule is CC[C@@H]1N[C@@]12COc1ccc(Cl)cc1C2=O. The monoisotopic (exact) mass is 237 g/mol. The molecular formula is C12H12ClNO2. The number of nitrogens with one attached hydrogen (secondary N) is 1. The maximum atomic E-state index is 12.3. The van der Waals surface area contributed by atoms with E-state index in [1.807, 2.05) is 0 Å². The summed E-state index contributed by atoms with van der Waals surface area (Å²) >= 11 is 5.90. The number of Topliss-reactive ketones (excluding diaryl/α,β-unsaturated/α-hetero) is 1. The van der Waals surface area contributed by atoms with E-state index < -0.39 is 5.54 Å². The van der Waals surface area contributed by atoms with Gasteiger partial charge in [-0.15, -0.1) is 0 Å². The van der Waals surface area contributed by atoms with Gasteiger partial charge in [-0.05, 0) is 24.6 Å². The second-order valence-corrected chi connectivity index (χ2v) is 4.77. The second kappa shape index (κ2) is 3.22. The third-order valence-corrected chi connectivity index (χ3v) is 3.63. The first-order chi connectivity index (χ1) is 7.67. The minimum atomic E-state index is -0.480. The van der Waals surface area contributed by atoms with E-state index in [0.29, 0.717) is 22.9 Å². The zero-order valence-electron chi connectivity index (χ0n) is 8.92. The number of carbonyl (C=O) groups excluding carboxylic acids is 1. The standard InChI is InChI=1S/C12H12ClNO2/c1-2-10-12(14-10)6-16-9-4-3-7(13)5-8(9)11(12)15/h3-5,10,14H,2,6H2,1H3/t10-,12-/m0/s1. The van der Waals surface area contributed by atoms with Crippen LogP contribution >= 0.6 is 11.6 Å². The van der Waals surface area contributed by atoms with Crippen molar-refractivity contribution in [1.29, 1.82) is 0 Å². The van der Waals surface area contributed by atoms with E-state index in [9.17, 15) is 4.79 Å². The van der Waals surface area contributed by atoms with Gasteiger partial charge in [0.05, 0.1) is 5.56 Å². The molecule has 2 heterocycles. The Hall–Kier alpha value is -1.06. The molecule has 2 aliphatic rings. The molecule has 0 radical (unpaired) electrons. The number of halogens is 1. The number of hydrogen-bond acceptors (Lipinski definition) is 3. The molecule has 2 aliphatic heterocycles. The average molecular weight is 238 g/mol. The summed E-state index contributed by atoms with van der Waals surface area (Å²) in [5.74, 6) is 0.756. The van der Waals surface area contributed by atoms with Gasteiger partial charge in [-0.25, -0.2) is 0 Å². The summed E-state index contributed by atoms with van der Waals surface area (Å²) in [4.78, 5) is 12.3. The predicted molar refractivity (Wildman–Crippen MR) is 61.2 cm³/mol. The lowest BCUT2D eigenvalue weighted by Crippen LogP contribution is -2.40. The van der Waals surface area contributed by atoms with Gasteiger partial charge in [-0.1, -0.05) is 18.5 Å². The molecule has 0 unspecified atom stereocenters. The Balaban J connectivity index is 2.02. The zero-order chi connectivity index (χ0) is 11.3. The highest BCUT2D eigenvalue weighted by Gasteiger charge is 2.61. The molecule has 0 saturated carbocycles. The molecule has 16 heavy (non-hydrogen) atoms. The molecular weight excluding hydrogens is 226 g/mol. The number of fused-ring (bicyclic) bond motifs is 1. The van der Waals surface area contributed by atoms with Crippen molar-refractivity contribution >= 4 is 17.4 Å². The average Bonchev–Trinajstić information content (AvgIpc) is 3.00. The molecule has 1 spiro atoms. The van der Waals surface area contributed by atoms with Crippen LogP contribution in [0.5, 0.6) is 5.75 Å². The molecule has 1 fully saturated rings. The Morgan fingerprint density at radius 3 is 3.12 bits per heavy atom. The van der Waals surface area contributed by atoms with Crippen molar-refractivity contribution in [3.8, 4) is 5.75 Å². The van der Waals surface area contributed by atoms with Crippen molar-refractivity contribution in [1.82, 2.24) is 5.32 Å². The fourth-order valence-electron chi connectivity index (χ4n) is 2.39. The van der Waals surface area contributed by atoms with Crippen molar-refractivity contribution in [3.05, 3.63) is 28.8 Å². The summed E-state index contributed by atoms with van der Waals surface area (Å²) in [6.45, 7) is 2.49. The third-order valence-electron chi connectivity index (χ3n) is 3.40. The van der Waals surface area contributed by atoms with Gasteiger partial charge in [0.15, 0.2) is 5.78 Å². The fourth-order valence-corrected chi connectivity index (χ4v) is 2.56. The normalized spacial score (nSPS) is 31.1. The van der Waals surface area contributed by atoms with Gasteiger partial charge in [0.25, 0.3) is 0 Å². The maximum Gasteiger partial charge on any atom is 0.191 e. The topological polar surface area (TPSA) is 48.2 Å². The van der Waals surface area contributed by atoms with Crippen LogP contribution in [0.3, 0.4) is 0 Å². The van der Waals surface area contributed by atoms with E-state index in [1.54, 1.807) is 18.2 Å². The van der Waals surface area contributed by atoms with Crippen molar-refractivity contribution in [2.24, 2.45) is 0 Å². The molecule has 0 aromatic heterocycles. The number of rotatable bonds is 1. The minimum absolute atomic E-state index is 0.114. The molecule has 3 nitrogen and oxygen atoms in total. The first-order valence-electron chi connectivity index (χ1n) is 5.42. The smallest absolute Gasteiger partial charge is 0.191 e. The molecule has 1 N–H and O–H groups in total. The van der Waals surface area contributed by atoms with E-state index in [0.717, 1.165) is 6.42 Å². The summed E-state index contributed by atoms with van der Waals surface area (Å²) in [6.07, 6.45) is 0.936. The molecule has 4 heteroatoms. The molecule has 1 aromatic rings. The maximum absolute atomic E-state index is 12.3. The highest BCUT2D eigenvalue weighted by Crippen LogP contribution is 2.40. The largest absolute Gasteiger partial charge is 0.490 e. The van der Waals surface area contributed by atoms with Crippen LogP contribution in [0.15, 0.2) is 18.2 Å². The Morgan fingerprint density at radius 1 is 1.62 bits per heavy atom. The molecule has 0 aliphatic carbocycles. The van der Waals surface area contributed by atoms with Gasteiger partial charge >= 0.3 is 0 Å². The zero-order valence-corrected chi connectivity index (χ0v) is 9.67. The van der Waals surface area contributed by atoms with Crippen LogP contribution in [-0.2, 0) is 0 Å². The van der Waals surface area contributed by atoms with Crippen LogP contribution in [0.1, 0.15) is 23.7 Å². The van der Waals surface area contributed by atoms with Crippen LogP contribution in [0, 0.1) is 0 Å². The van der Waals surface area contributed by atoms with Crippen LogP contribution in [0.25, 0.3) is 0 Å². The van der Waals surface area contributed by atoms with Gasteiger partial charge in [0.1, 0.15) is 17.9 Å². The summed E-state index contributed by atoms with van der Waals surface area (Å²) in [5.41, 5.74) is 0.120. The molecule has 3 rings (SSSR count). The summed E-state index contributed by atoms with van der Waals surface area (Å²) in [5, 5.41) is 3.80. The van der Waals surface area contributed by atoms with Gasteiger partial charge in [0, 0.05) is 11.1 Å². The molecule has 0 bridgehead atoms. The summed E-state index contributed by atoms with van der Waals surface area (Å²) in [7, 11) is 0. The Labute approximate surface area is 98.7 Å². The van der Waals surface area contributed by atoms with E-state index in [1.165, 1.54) is 0 Å². The lowest BCUT2D eigenvalue weighted by atomic mass is 9.91. The summed E-state index contributed by atoms with van der Waals surface area (Å²) < 4.78 is 5.62. The molecule has 1 aromatic carbocycles. The number of ether oxygens (including phenoxy) is 1. The van der Waals surface area contributed by atoms with E-state index in [4.69, 9.17) is 16.3 Å². The van der Waals surface area contributed by atoms with Crippen molar-refractivity contribution in [3.63, 3.8) is 0 Å². The quantitative estimate of drug-likeness (QED) is 0.761. The van der Waals surface area contributed by atoms with Crippen molar-refractivity contribution in [2.45, 2.75) is 24.9 Å².